The fraction of sp³-hybridized carbons (Fsp3) is 0.692. The van der Waals surface area contributed by atoms with Gasteiger partial charge >= 0.3 is 0 Å². The minimum absolute atomic E-state index is 0.300. The van der Waals surface area contributed by atoms with Gasteiger partial charge in [-0.3, -0.25) is 11.3 Å². The number of hydrogen-bond donors (Lipinski definition) is 2. The third-order valence-corrected chi connectivity index (χ3v) is 5.10. The first-order chi connectivity index (χ1) is 9.08. The van der Waals surface area contributed by atoms with E-state index in [1.54, 1.807) is 11.3 Å². The van der Waals surface area contributed by atoms with Crippen LogP contribution in [0.3, 0.4) is 0 Å². The smallest absolute Gasteiger partial charge is 0.0931 e. The quantitative estimate of drug-likeness (QED) is 0.638. The van der Waals surface area contributed by atoms with E-state index in [-0.39, 0.29) is 0 Å². The molecular formula is C13H23ClN4S. The molecule has 19 heavy (non-hydrogen) atoms. The second-order valence-electron chi connectivity index (χ2n) is 5.41. The first kappa shape index (κ1) is 15.2. The molecule has 0 bridgehead atoms. The van der Waals surface area contributed by atoms with Crippen LogP contribution in [0.4, 0.5) is 0 Å². The summed E-state index contributed by atoms with van der Waals surface area (Å²) in [6.45, 7) is 3.39. The summed E-state index contributed by atoms with van der Waals surface area (Å²) >= 11 is 7.61. The molecule has 1 aromatic heterocycles. The average Bonchev–Trinajstić information content (AvgIpc) is 2.78. The third-order valence-electron chi connectivity index (χ3n) is 3.85. The van der Waals surface area contributed by atoms with Gasteiger partial charge < -0.3 is 9.80 Å². The van der Waals surface area contributed by atoms with E-state index in [2.05, 4.69) is 35.4 Å². The van der Waals surface area contributed by atoms with E-state index in [0.29, 0.717) is 12.1 Å². The van der Waals surface area contributed by atoms with Crippen LogP contribution in [0.25, 0.3) is 0 Å². The third kappa shape index (κ3) is 4.41. The number of nitrogens with one attached hydrogen (secondary N) is 1. The van der Waals surface area contributed by atoms with Crippen LogP contribution in [0.5, 0.6) is 0 Å². The molecule has 1 aromatic rings. The van der Waals surface area contributed by atoms with Crippen molar-refractivity contribution in [3.8, 4) is 0 Å². The number of thiophene rings is 1. The van der Waals surface area contributed by atoms with Crippen LogP contribution >= 0.6 is 22.9 Å². The first-order valence-electron chi connectivity index (χ1n) is 6.67. The second kappa shape index (κ2) is 7.02. The van der Waals surface area contributed by atoms with Gasteiger partial charge in [-0.2, -0.15) is 0 Å². The molecule has 1 aliphatic rings. The van der Waals surface area contributed by atoms with Crippen LogP contribution in [0, 0.1) is 0 Å². The van der Waals surface area contributed by atoms with E-state index in [4.69, 9.17) is 17.4 Å². The number of nitrogens with two attached hydrogens (primary N) is 1. The Morgan fingerprint density at radius 1 is 1.47 bits per heavy atom. The summed E-state index contributed by atoms with van der Waals surface area (Å²) in [5, 5.41) is 0. The lowest BCUT2D eigenvalue weighted by molar-refractivity contribution is 0.101. The van der Waals surface area contributed by atoms with Gasteiger partial charge in [-0.1, -0.05) is 11.6 Å². The maximum atomic E-state index is 5.97. The van der Waals surface area contributed by atoms with Gasteiger partial charge in [0.25, 0.3) is 0 Å². The zero-order valence-electron chi connectivity index (χ0n) is 11.6. The summed E-state index contributed by atoms with van der Waals surface area (Å²) in [5.74, 6) is 5.71. The highest BCUT2D eigenvalue weighted by Gasteiger charge is 2.25. The monoisotopic (exact) mass is 302 g/mol. The van der Waals surface area contributed by atoms with Crippen molar-refractivity contribution in [1.29, 1.82) is 0 Å². The van der Waals surface area contributed by atoms with Crippen molar-refractivity contribution < 1.29 is 0 Å². The number of rotatable bonds is 5. The van der Waals surface area contributed by atoms with Gasteiger partial charge in [-0.15, -0.1) is 11.3 Å². The van der Waals surface area contributed by atoms with Gasteiger partial charge in [-0.05, 0) is 39.1 Å². The fourth-order valence-corrected chi connectivity index (χ4v) is 3.77. The number of hydrazine groups is 1. The molecule has 2 heterocycles. The van der Waals surface area contributed by atoms with Gasteiger partial charge in [-0.25, -0.2) is 0 Å². The molecule has 0 saturated carbocycles. The SMILES string of the molecule is CN1CCN(C)C(CC(Cc2ccc(Cl)s2)NN)C1. The number of likely N-dealkylation sites (N-methyl/N-ethyl adjacent to an activating group) is 2. The highest BCUT2D eigenvalue weighted by Crippen LogP contribution is 2.23. The van der Waals surface area contributed by atoms with E-state index in [1.807, 2.05) is 6.07 Å². The largest absolute Gasteiger partial charge is 0.304 e. The molecular weight excluding hydrogens is 280 g/mol. The minimum atomic E-state index is 0.300. The Morgan fingerprint density at radius 2 is 2.26 bits per heavy atom. The number of piperazine rings is 1. The molecule has 0 radical (unpaired) electrons. The molecule has 0 spiro atoms. The van der Waals surface area contributed by atoms with Crippen molar-refractivity contribution >= 4 is 22.9 Å². The molecule has 6 heteroatoms. The number of hydrogen-bond acceptors (Lipinski definition) is 5. The first-order valence-corrected chi connectivity index (χ1v) is 7.87. The van der Waals surface area contributed by atoms with Crippen molar-refractivity contribution in [2.75, 3.05) is 33.7 Å². The number of nitrogens with zero attached hydrogens (tertiary/aromatic N) is 2. The standard InChI is InChI=1S/C13H23ClN4S/c1-17-5-6-18(2)11(9-17)7-10(16-15)8-12-3-4-13(14)19-12/h3-4,10-11,16H,5-9,15H2,1-2H3. The Kier molecular flexibility index (Phi) is 5.62. The second-order valence-corrected chi connectivity index (χ2v) is 7.21. The van der Waals surface area contributed by atoms with Gasteiger partial charge in [0, 0.05) is 36.6 Å². The summed E-state index contributed by atoms with van der Waals surface area (Å²) in [4.78, 5) is 6.12. The maximum Gasteiger partial charge on any atom is 0.0931 e. The highest BCUT2D eigenvalue weighted by molar-refractivity contribution is 7.16. The molecule has 1 fully saturated rings. The van der Waals surface area contributed by atoms with Crippen molar-refractivity contribution in [2.24, 2.45) is 5.84 Å². The summed E-state index contributed by atoms with van der Waals surface area (Å²) in [6.07, 6.45) is 2.01. The lowest BCUT2D eigenvalue weighted by atomic mass is 10.0. The fourth-order valence-electron chi connectivity index (χ4n) is 2.60. The molecule has 3 N–H and O–H groups in total. The Balaban J connectivity index is 1.90. The predicted octanol–water partition coefficient (Wildman–Crippen LogP) is 1.41. The van der Waals surface area contributed by atoms with Crippen molar-refractivity contribution in [1.82, 2.24) is 15.2 Å². The van der Waals surface area contributed by atoms with Crippen molar-refractivity contribution in [2.45, 2.75) is 24.9 Å². The van der Waals surface area contributed by atoms with Gasteiger partial charge in [0.15, 0.2) is 0 Å². The Hall–Kier alpha value is -0.170. The summed E-state index contributed by atoms with van der Waals surface area (Å²) in [7, 11) is 4.39. The van der Waals surface area contributed by atoms with E-state index in [9.17, 15) is 0 Å². The van der Waals surface area contributed by atoms with Crippen molar-refractivity contribution in [3.05, 3.63) is 21.3 Å². The molecule has 2 unspecified atom stereocenters. The van der Waals surface area contributed by atoms with E-state index < -0.39 is 0 Å². The molecule has 0 aromatic carbocycles. The van der Waals surface area contributed by atoms with Gasteiger partial charge in [0.1, 0.15) is 0 Å². The molecule has 108 valence electrons. The highest BCUT2D eigenvalue weighted by atomic mass is 35.5. The average molecular weight is 303 g/mol. The van der Waals surface area contributed by atoms with Crippen LogP contribution < -0.4 is 11.3 Å². The molecule has 0 aliphatic carbocycles. The van der Waals surface area contributed by atoms with Crippen LogP contribution in [0.15, 0.2) is 12.1 Å². The summed E-state index contributed by atoms with van der Waals surface area (Å²) < 4.78 is 0.847. The normalized spacial score (nSPS) is 23.7. The summed E-state index contributed by atoms with van der Waals surface area (Å²) in [6, 6.07) is 4.91. The molecule has 1 saturated heterocycles. The van der Waals surface area contributed by atoms with Gasteiger partial charge in [0.05, 0.1) is 4.34 Å². The molecule has 2 atom stereocenters. The lowest BCUT2D eigenvalue weighted by Gasteiger charge is -2.39. The molecule has 0 amide bonds. The Morgan fingerprint density at radius 3 is 2.89 bits per heavy atom. The summed E-state index contributed by atoms with van der Waals surface area (Å²) in [5.41, 5.74) is 2.96. The molecule has 1 aliphatic heterocycles. The molecule has 4 nitrogen and oxygen atoms in total. The van der Waals surface area contributed by atoms with E-state index in [0.717, 1.165) is 36.8 Å². The zero-order chi connectivity index (χ0) is 13.8. The van der Waals surface area contributed by atoms with Crippen LogP contribution in [-0.4, -0.2) is 55.6 Å². The van der Waals surface area contributed by atoms with Crippen molar-refractivity contribution in [3.63, 3.8) is 0 Å². The maximum absolute atomic E-state index is 5.97. The molecule has 2 rings (SSSR count). The van der Waals surface area contributed by atoms with Crippen LogP contribution in [0.1, 0.15) is 11.3 Å². The van der Waals surface area contributed by atoms with Gasteiger partial charge in [0.2, 0.25) is 0 Å². The van der Waals surface area contributed by atoms with Crippen LogP contribution in [0.2, 0.25) is 4.34 Å². The van der Waals surface area contributed by atoms with E-state index >= 15 is 0 Å². The topological polar surface area (TPSA) is 44.5 Å². The number of halogens is 1. The van der Waals surface area contributed by atoms with Crippen LogP contribution in [-0.2, 0) is 6.42 Å². The van der Waals surface area contributed by atoms with E-state index in [1.165, 1.54) is 4.88 Å². The zero-order valence-corrected chi connectivity index (χ0v) is 13.2. The minimum Gasteiger partial charge on any atom is -0.304 e. The Bertz CT molecular complexity index is 398. The Labute approximate surface area is 124 Å². The lowest BCUT2D eigenvalue weighted by Crippen LogP contribution is -2.53. The predicted molar refractivity (Wildman–Crippen MR) is 82.7 cm³/mol.